The average Bonchev–Trinajstić information content (AvgIpc) is 2.26. The Morgan fingerprint density at radius 3 is 2.69 bits per heavy atom. The minimum absolute atomic E-state index is 0.00236. The van der Waals surface area contributed by atoms with Crippen LogP contribution in [0.4, 0.5) is 15.8 Å². The Kier molecular flexibility index (Phi) is 3.39. The zero-order valence-electron chi connectivity index (χ0n) is 8.70. The molecule has 1 rings (SSSR count). The number of non-ortho nitro benzene ring substituents is 1. The Hall–Kier alpha value is -2.18. The molecule has 0 amide bonds. The fourth-order valence-corrected chi connectivity index (χ4v) is 1.24. The summed E-state index contributed by atoms with van der Waals surface area (Å²) in [7, 11) is 2.69. The maximum Gasteiger partial charge on any atom is 0.273 e. The molecular formula is C9H10FN3O3. The van der Waals surface area contributed by atoms with E-state index in [4.69, 9.17) is 5.41 Å². The van der Waals surface area contributed by atoms with Crippen LogP contribution in [-0.4, -0.2) is 25.0 Å². The molecule has 2 N–H and O–H groups in total. The van der Waals surface area contributed by atoms with Gasteiger partial charge in [0.15, 0.2) is 5.82 Å². The topological polar surface area (TPSA) is 88.3 Å². The van der Waals surface area contributed by atoms with Crippen molar-refractivity contribution in [2.45, 2.75) is 0 Å². The van der Waals surface area contributed by atoms with Gasteiger partial charge in [-0.3, -0.25) is 15.5 Å². The van der Waals surface area contributed by atoms with Crippen molar-refractivity contribution in [2.75, 3.05) is 19.5 Å². The predicted octanol–water partition coefficient (Wildman–Crippen LogP) is 1.75. The fourth-order valence-electron chi connectivity index (χ4n) is 1.24. The number of benzene rings is 1. The van der Waals surface area contributed by atoms with Crippen LogP contribution in [-0.2, 0) is 4.74 Å². The largest absolute Gasteiger partial charge is 0.481 e. The SMILES string of the molecule is CNc1c(F)cc([N+](=O)[O-])cc1C(=N)OC. The molecule has 7 heteroatoms. The maximum atomic E-state index is 13.4. The van der Waals surface area contributed by atoms with Crippen LogP contribution in [0.2, 0.25) is 0 Å². The van der Waals surface area contributed by atoms with Crippen molar-refractivity contribution in [1.82, 2.24) is 0 Å². The maximum absolute atomic E-state index is 13.4. The quantitative estimate of drug-likeness (QED) is 0.356. The van der Waals surface area contributed by atoms with Crippen LogP contribution in [0.15, 0.2) is 12.1 Å². The molecule has 0 unspecified atom stereocenters. The number of nitro groups is 1. The Bertz CT molecular complexity index is 448. The third-order valence-corrected chi connectivity index (χ3v) is 1.98. The zero-order chi connectivity index (χ0) is 12.3. The molecule has 16 heavy (non-hydrogen) atoms. The molecule has 0 atom stereocenters. The Morgan fingerprint density at radius 1 is 1.62 bits per heavy atom. The summed E-state index contributed by atoms with van der Waals surface area (Å²) >= 11 is 0. The molecule has 0 heterocycles. The van der Waals surface area contributed by atoms with Crippen LogP contribution in [0.3, 0.4) is 0 Å². The summed E-state index contributed by atoms with van der Waals surface area (Å²) in [5, 5.41) is 20.5. The van der Waals surface area contributed by atoms with Gasteiger partial charge in [0.1, 0.15) is 0 Å². The fraction of sp³-hybridized carbons (Fsp3) is 0.222. The molecule has 0 saturated carbocycles. The molecule has 86 valence electrons. The Morgan fingerprint density at radius 2 is 2.25 bits per heavy atom. The van der Waals surface area contributed by atoms with E-state index in [-0.39, 0.29) is 17.1 Å². The summed E-state index contributed by atoms with van der Waals surface area (Å²) < 4.78 is 18.1. The van der Waals surface area contributed by atoms with Crippen molar-refractivity contribution in [2.24, 2.45) is 0 Å². The lowest BCUT2D eigenvalue weighted by molar-refractivity contribution is -0.385. The van der Waals surface area contributed by atoms with Gasteiger partial charge in [-0.15, -0.1) is 0 Å². The number of nitrogens with one attached hydrogen (secondary N) is 2. The van der Waals surface area contributed by atoms with Gasteiger partial charge < -0.3 is 10.1 Å². The Balaban J connectivity index is 3.42. The van der Waals surface area contributed by atoms with Crippen molar-refractivity contribution < 1.29 is 14.1 Å². The lowest BCUT2D eigenvalue weighted by Crippen LogP contribution is -2.08. The predicted molar refractivity (Wildman–Crippen MR) is 56.4 cm³/mol. The molecule has 1 aromatic carbocycles. The first-order valence-corrected chi connectivity index (χ1v) is 4.29. The van der Waals surface area contributed by atoms with Crippen LogP contribution in [0.5, 0.6) is 0 Å². The minimum Gasteiger partial charge on any atom is -0.481 e. The summed E-state index contributed by atoms with van der Waals surface area (Å²) in [5.41, 5.74) is -0.414. The van der Waals surface area contributed by atoms with Gasteiger partial charge >= 0.3 is 0 Å². The number of anilines is 1. The lowest BCUT2D eigenvalue weighted by atomic mass is 10.1. The molecule has 0 saturated heterocycles. The molecule has 1 aromatic rings. The van der Waals surface area contributed by atoms with Gasteiger partial charge in [0.25, 0.3) is 5.69 Å². The second-order valence-electron chi connectivity index (χ2n) is 2.89. The van der Waals surface area contributed by atoms with Gasteiger partial charge in [-0.2, -0.15) is 0 Å². The van der Waals surface area contributed by atoms with E-state index in [0.29, 0.717) is 0 Å². The van der Waals surface area contributed by atoms with Crippen LogP contribution in [0, 0.1) is 21.3 Å². The summed E-state index contributed by atoms with van der Waals surface area (Å²) in [6, 6.07) is 1.87. The van der Waals surface area contributed by atoms with Crippen molar-refractivity contribution in [3.05, 3.63) is 33.6 Å². The van der Waals surface area contributed by atoms with Crippen LogP contribution in [0.1, 0.15) is 5.56 Å². The van der Waals surface area contributed by atoms with Gasteiger partial charge in [-0.25, -0.2) is 4.39 Å². The summed E-state index contributed by atoms with van der Waals surface area (Å²) in [6.45, 7) is 0. The summed E-state index contributed by atoms with van der Waals surface area (Å²) in [4.78, 5) is 9.80. The second kappa shape index (κ2) is 4.56. The molecule has 0 aliphatic heterocycles. The number of nitrogens with zero attached hydrogens (tertiary/aromatic N) is 1. The first-order valence-electron chi connectivity index (χ1n) is 4.29. The third kappa shape index (κ3) is 2.08. The zero-order valence-corrected chi connectivity index (χ0v) is 8.70. The van der Waals surface area contributed by atoms with Gasteiger partial charge in [0.05, 0.1) is 29.4 Å². The number of halogens is 1. The van der Waals surface area contributed by atoms with Gasteiger partial charge in [0.2, 0.25) is 5.90 Å². The van der Waals surface area contributed by atoms with E-state index < -0.39 is 16.4 Å². The third-order valence-electron chi connectivity index (χ3n) is 1.98. The first kappa shape index (κ1) is 11.9. The highest BCUT2D eigenvalue weighted by Crippen LogP contribution is 2.26. The van der Waals surface area contributed by atoms with E-state index in [9.17, 15) is 14.5 Å². The normalized spacial score (nSPS) is 9.69. The number of ether oxygens (including phenoxy) is 1. The monoisotopic (exact) mass is 227 g/mol. The Labute approximate surface area is 90.7 Å². The number of hydrogen-bond acceptors (Lipinski definition) is 5. The van der Waals surface area contributed by atoms with E-state index in [2.05, 4.69) is 10.1 Å². The molecule has 0 fully saturated rings. The summed E-state index contributed by atoms with van der Waals surface area (Å²) in [5.74, 6) is -1.14. The molecule has 6 nitrogen and oxygen atoms in total. The van der Waals surface area contributed by atoms with Crippen LogP contribution < -0.4 is 5.32 Å². The summed E-state index contributed by atoms with van der Waals surface area (Å²) in [6.07, 6.45) is 0. The van der Waals surface area contributed by atoms with Gasteiger partial charge in [-0.1, -0.05) is 0 Å². The van der Waals surface area contributed by atoms with Crippen molar-refractivity contribution >= 4 is 17.3 Å². The van der Waals surface area contributed by atoms with E-state index in [0.717, 1.165) is 12.1 Å². The van der Waals surface area contributed by atoms with E-state index in [1.165, 1.54) is 14.2 Å². The number of rotatable bonds is 3. The highest BCUT2D eigenvalue weighted by Gasteiger charge is 2.19. The second-order valence-corrected chi connectivity index (χ2v) is 2.89. The minimum atomic E-state index is -0.798. The van der Waals surface area contributed by atoms with E-state index in [1.807, 2.05) is 0 Å². The van der Waals surface area contributed by atoms with Gasteiger partial charge in [-0.05, 0) is 0 Å². The lowest BCUT2D eigenvalue weighted by Gasteiger charge is -2.09. The van der Waals surface area contributed by atoms with Gasteiger partial charge in [0, 0.05) is 13.1 Å². The van der Waals surface area contributed by atoms with Crippen molar-refractivity contribution in [1.29, 1.82) is 5.41 Å². The molecule has 0 spiro atoms. The molecule has 0 aliphatic rings. The highest BCUT2D eigenvalue weighted by molar-refractivity contribution is 5.98. The average molecular weight is 227 g/mol. The first-order chi connectivity index (χ1) is 7.51. The standard InChI is InChI=1S/C9H10FN3O3/c1-12-8-6(9(11)16-2)3-5(13(14)15)4-7(8)10/h3-4,11-12H,1-2H3. The highest BCUT2D eigenvalue weighted by atomic mass is 19.1. The van der Waals surface area contributed by atoms with Crippen LogP contribution >= 0.6 is 0 Å². The molecule has 0 aromatic heterocycles. The molecular weight excluding hydrogens is 217 g/mol. The van der Waals surface area contributed by atoms with Crippen LogP contribution in [0.25, 0.3) is 0 Å². The van der Waals surface area contributed by atoms with Crippen molar-refractivity contribution in [3.63, 3.8) is 0 Å². The van der Waals surface area contributed by atoms with Crippen molar-refractivity contribution in [3.8, 4) is 0 Å². The molecule has 0 aliphatic carbocycles. The van der Waals surface area contributed by atoms with E-state index in [1.54, 1.807) is 0 Å². The number of hydrogen-bond donors (Lipinski definition) is 2. The smallest absolute Gasteiger partial charge is 0.273 e. The van der Waals surface area contributed by atoms with E-state index >= 15 is 0 Å². The number of nitro benzene ring substituents is 1. The molecule has 0 bridgehead atoms. The molecule has 0 radical (unpaired) electrons. The number of methoxy groups -OCH3 is 1.